The number of carbonyl (C=O) groups is 1. The van der Waals surface area contributed by atoms with Crippen molar-refractivity contribution in [2.75, 3.05) is 28.6 Å². The number of nitrogens with one attached hydrogen (secondary N) is 2. The van der Waals surface area contributed by atoms with Gasteiger partial charge in [0.2, 0.25) is 5.95 Å². The zero-order valence-corrected chi connectivity index (χ0v) is 16.5. The van der Waals surface area contributed by atoms with Crippen LogP contribution in [-0.4, -0.2) is 34.1 Å². The van der Waals surface area contributed by atoms with Crippen LogP contribution < -0.4 is 15.5 Å². The third-order valence-electron chi connectivity index (χ3n) is 4.37. The molecule has 0 aliphatic heterocycles. The number of amides is 1. The van der Waals surface area contributed by atoms with Crippen molar-refractivity contribution < 1.29 is 9.32 Å². The maximum absolute atomic E-state index is 12.5. The van der Waals surface area contributed by atoms with Crippen LogP contribution in [0.1, 0.15) is 35.5 Å². The molecule has 146 valence electrons. The Labute approximate surface area is 164 Å². The van der Waals surface area contributed by atoms with Gasteiger partial charge in [0.15, 0.2) is 5.82 Å². The molecule has 0 radical (unpaired) electrons. The average molecular weight is 380 g/mol. The molecule has 0 aliphatic rings. The molecule has 0 saturated carbocycles. The summed E-state index contributed by atoms with van der Waals surface area (Å²) >= 11 is 0. The van der Waals surface area contributed by atoms with Crippen LogP contribution >= 0.6 is 0 Å². The number of carbonyl (C=O) groups excluding carboxylic acids is 1. The molecule has 1 amide bonds. The molecule has 0 fully saturated rings. The number of rotatable bonds is 7. The van der Waals surface area contributed by atoms with Crippen LogP contribution in [0, 0.1) is 13.8 Å². The number of hydrogen-bond acceptors (Lipinski definition) is 7. The van der Waals surface area contributed by atoms with Crippen molar-refractivity contribution in [2.24, 2.45) is 0 Å². The maximum Gasteiger partial charge on any atom is 0.258 e. The Hall–Kier alpha value is -3.42. The van der Waals surface area contributed by atoms with Gasteiger partial charge >= 0.3 is 0 Å². The Morgan fingerprint density at radius 1 is 1.11 bits per heavy atom. The van der Waals surface area contributed by atoms with Gasteiger partial charge in [0.25, 0.3) is 5.91 Å². The Balaban J connectivity index is 1.67. The molecule has 0 unspecified atom stereocenters. The standard InChI is InChI=1S/C20H24N6O2/c1-5-26(6-2)16-7-8-17(13(3)9-16)23-19(27)15-11-21-20(22-12-15)24-18-10-14(4)28-25-18/h7-12H,5-6H2,1-4H3,(H,23,27)(H,21,22,24,25). The van der Waals surface area contributed by atoms with E-state index in [9.17, 15) is 4.79 Å². The van der Waals surface area contributed by atoms with Crippen LogP contribution in [0.3, 0.4) is 0 Å². The quantitative estimate of drug-likeness (QED) is 0.641. The predicted molar refractivity (Wildman–Crippen MR) is 109 cm³/mol. The maximum atomic E-state index is 12.5. The molecular weight excluding hydrogens is 356 g/mol. The third kappa shape index (κ3) is 4.46. The summed E-state index contributed by atoms with van der Waals surface area (Å²) in [6.45, 7) is 9.89. The van der Waals surface area contributed by atoms with Crippen LogP contribution in [0.5, 0.6) is 0 Å². The van der Waals surface area contributed by atoms with Gasteiger partial charge in [-0.05, 0) is 51.5 Å². The van der Waals surface area contributed by atoms with Crippen molar-refractivity contribution in [3.63, 3.8) is 0 Å². The summed E-state index contributed by atoms with van der Waals surface area (Å²) in [5.74, 6) is 1.27. The van der Waals surface area contributed by atoms with Crippen LogP contribution in [-0.2, 0) is 0 Å². The number of anilines is 4. The van der Waals surface area contributed by atoms with Gasteiger partial charge in [0.05, 0.1) is 5.56 Å². The minimum absolute atomic E-state index is 0.262. The van der Waals surface area contributed by atoms with Crippen molar-refractivity contribution >= 4 is 29.0 Å². The van der Waals surface area contributed by atoms with E-state index in [1.807, 2.05) is 19.1 Å². The topological polar surface area (TPSA) is 96.2 Å². The predicted octanol–water partition coefficient (Wildman–Crippen LogP) is 3.92. The van der Waals surface area contributed by atoms with E-state index in [-0.39, 0.29) is 5.91 Å². The summed E-state index contributed by atoms with van der Waals surface area (Å²) in [6.07, 6.45) is 2.94. The molecule has 2 heterocycles. The Morgan fingerprint density at radius 3 is 2.39 bits per heavy atom. The highest BCUT2D eigenvalue weighted by Gasteiger charge is 2.11. The molecule has 3 rings (SSSR count). The SMILES string of the molecule is CCN(CC)c1ccc(NC(=O)c2cnc(Nc3cc(C)on3)nc2)c(C)c1. The first-order valence-corrected chi connectivity index (χ1v) is 9.19. The third-order valence-corrected chi connectivity index (χ3v) is 4.37. The summed E-state index contributed by atoms with van der Waals surface area (Å²) in [6, 6.07) is 7.74. The van der Waals surface area contributed by atoms with Crippen molar-refractivity contribution in [1.82, 2.24) is 15.1 Å². The molecule has 0 bridgehead atoms. The second-order valence-electron chi connectivity index (χ2n) is 6.37. The van der Waals surface area contributed by atoms with Gasteiger partial charge in [0.1, 0.15) is 5.76 Å². The first-order chi connectivity index (χ1) is 13.5. The van der Waals surface area contributed by atoms with Gasteiger partial charge in [-0.25, -0.2) is 9.97 Å². The number of hydrogen-bond donors (Lipinski definition) is 2. The van der Waals surface area contributed by atoms with E-state index in [1.165, 1.54) is 12.4 Å². The van der Waals surface area contributed by atoms with E-state index in [0.717, 1.165) is 30.0 Å². The number of aryl methyl sites for hydroxylation is 2. The Kier molecular flexibility index (Phi) is 5.88. The first-order valence-electron chi connectivity index (χ1n) is 9.19. The van der Waals surface area contributed by atoms with Gasteiger partial charge < -0.3 is 20.1 Å². The zero-order chi connectivity index (χ0) is 20.1. The molecule has 0 aliphatic carbocycles. The van der Waals surface area contributed by atoms with Gasteiger partial charge in [-0.3, -0.25) is 4.79 Å². The van der Waals surface area contributed by atoms with E-state index >= 15 is 0 Å². The highest BCUT2D eigenvalue weighted by Crippen LogP contribution is 2.23. The second-order valence-corrected chi connectivity index (χ2v) is 6.37. The van der Waals surface area contributed by atoms with Crippen molar-refractivity contribution in [2.45, 2.75) is 27.7 Å². The first kappa shape index (κ1) is 19.3. The Morgan fingerprint density at radius 2 is 1.82 bits per heavy atom. The molecular formula is C20H24N6O2. The molecule has 8 heteroatoms. The lowest BCUT2D eigenvalue weighted by molar-refractivity contribution is 0.102. The van der Waals surface area contributed by atoms with E-state index in [1.54, 1.807) is 13.0 Å². The van der Waals surface area contributed by atoms with Crippen LogP contribution in [0.15, 0.2) is 41.2 Å². The molecule has 28 heavy (non-hydrogen) atoms. The van der Waals surface area contributed by atoms with Gasteiger partial charge in [-0.15, -0.1) is 0 Å². The van der Waals surface area contributed by atoms with E-state index in [2.05, 4.69) is 50.6 Å². The lowest BCUT2D eigenvalue weighted by atomic mass is 10.1. The lowest BCUT2D eigenvalue weighted by Crippen LogP contribution is -2.22. The molecule has 2 aromatic heterocycles. The Bertz CT molecular complexity index is 948. The molecule has 0 saturated heterocycles. The summed E-state index contributed by atoms with van der Waals surface area (Å²) in [5, 5.41) is 9.65. The van der Waals surface area contributed by atoms with Gasteiger partial charge in [0, 0.05) is 42.9 Å². The fourth-order valence-corrected chi connectivity index (χ4v) is 2.82. The van der Waals surface area contributed by atoms with E-state index < -0.39 is 0 Å². The smallest absolute Gasteiger partial charge is 0.258 e. The number of benzene rings is 1. The average Bonchev–Trinajstić information content (AvgIpc) is 3.10. The van der Waals surface area contributed by atoms with Crippen molar-refractivity contribution in [3.8, 4) is 0 Å². The molecule has 0 spiro atoms. The lowest BCUT2D eigenvalue weighted by Gasteiger charge is -2.22. The van der Waals surface area contributed by atoms with Crippen molar-refractivity contribution in [1.29, 1.82) is 0 Å². The highest BCUT2D eigenvalue weighted by atomic mass is 16.5. The van der Waals surface area contributed by atoms with Gasteiger partial charge in [-0.1, -0.05) is 5.16 Å². The highest BCUT2D eigenvalue weighted by molar-refractivity contribution is 6.04. The fourth-order valence-electron chi connectivity index (χ4n) is 2.82. The monoisotopic (exact) mass is 380 g/mol. The molecule has 8 nitrogen and oxygen atoms in total. The van der Waals surface area contributed by atoms with Crippen LogP contribution in [0.25, 0.3) is 0 Å². The number of aromatic nitrogens is 3. The van der Waals surface area contributed by atoms with Crippen LogP contribution in [0.2, 0.25) is 0 Å². The minimum Gasteiger partial charge on any atom is -0.372 e. The summed E-state index contributed by atoms with van der Waals surface area (Å²) in [7, 11) is 0. The van der Waals surface area contributed by atoms with Crippen molar-refractivity contribution in [3.05, 3.63) is 53.5 Å². The molecule has 1 aromatic carbocycles. The molecule has 3 aromatic rings. The molecule has 0 atom stereocenters. The fraction of sp³-hybridized carbons (Fsp3) is 0.300. The summed E-state index contributed by atoms with van der Waals surface area (Å²) in [5.41, 5.74) is 3.27. The second kappa shape index (κ2) is 8.51. The number of nitrogens with zero attached hydrogens (tertiary/aromatic N) is 4. The summed E-state index contributed by atoms with van der Waals surface area (Å²) < 4.78 is 4.98. The summed E-state index contributed by atoms with van der Waals surface area (Å²) in [4.78, 5) is 23.1. The normalized spacial score (nSPS) is 10.6. The molecule has 2 N–H and O–H groups in total. The zero-order valence-electron chi connectivity index (χ0n) is 16.5. The van der Waals surface area contributed by atoms with Gasteiger partial charge in [-0.2, -0.15) is 0 Å². The van der Waals surface area contributed by atoms with Crippen LogP contribution in [0.4, 0.5) is 23.1 Å². The van der Waals surface area contributed by atoms with E-state index in [4.69, 9.17) is 4.52 Å². The van der Waals surface area contributed by atoms with E-state index in [0.29, 0.717) is 23.1 Å². The largest absolute Gasteiger partial charge is 0.372 e. The minimum atomic E-state index is -0.262.